The van der Waals surface area contributed by atoms with E-state index in [1.54, 1.807) is 0 Å². The average molecular weight is 615 g/mol. The molecule has 5 heteroatoms. The highest BCUT2D eigenvalue weighted by molar-refractivity contribution is 6.19. The third kappa shape index (κ3) is 4.15. The molecule has 10 aromatic rings. The molecule has 0 fully saturated rings. The minimum atomic E-state index is 0.623. The van der Waals surface area contributed by atoms with E-state index in [2.05, 4.69) is 114 Å². The Morgan fingerprint density at radius 1 is 0.396 bits per heavy atom. The normalized spacial score (nSPS) is 11.8. The summed E-state index contributed by atoms with van der Waals surface area (Å²) in [6, 6.07) is 54.5. The summed E-state index contributed by atoms with van der Waals surface area (Å²) < 4.78 is 8.53. The van der Waals surface area contributed by atoms with Gasteiger partial charge in [0.25, 0.3) is 0 Å². The summed E-state index contributed by atoms with van der Waals surface area (Å²) in [7, 11) is 0. The molecule has 0 aliphatic carbocycles. The van der Waals surface area contributed by atoms with Gasteiger partial charge in [0.1, 0.15) is 11.2 Å². The molecular weight excluding hydrogens is 589 g/mol. The van der Waals surface area contributed by atoms with Gasteiger partial charge in [-0.3, -0.25) is 0 Å². The fraction of sp³-hybridized carbons (Fsp3) is 0. The van der Waals surface area contributed by atoms with Crippen LogP contribution >= 0.6 is 0 Å². The van der Waals surface area contributed by atoms with E-state index >= 15 is 0 Å². The SMILES string of the molecule is c1ccc(-c2nc(-c3ccc4ccc5oc6ccccc6c5c4c3)nc(-c3ccc4c(c3)c3ccccc3n4-c3ccccc3)n2)cc1. The van der Waals surface area contributed by atoms with Crippen LogP contribution in [0.5, 0.6) is 0 Å². The van der Waals surface area contributed by atoms with Gasteiger partial charge >= 0.3 is 0 Å². The topological polar surface area (TPSA) is 56.7 Å². The fourth-order valence-electron chi connectivity index (χ4n) is 7.00. The third-order valence-electron chi connectivity index (χ3n) is 9.23. The van der Waals surface area contributed by atoms with E-state index in [1.165, 1.54) is 5.39 Å². The molecule has 0 saturated carbocycles. The van der Waals surface area contributed by atoms with Gasteiger partial charge in [0.15, 0.2) is 17.5 Å². The van der Waals surface area contributed by atoms with Crippen LogP contribution in [-0.2, 0) is 0 Å². The van der Waals surface area contributed by atoms with Crippen LogP contribution in [0.25, 0.3) is 94.4 Å². The Balaban J connectivity index is 1.20. The smallest absolute Gasteiger partial charge is 0.164 e. The Labute approximate surface area is 275 Å². The highest BCUT2D eigenvalue weighted by atomic mass is 16.3. The first-order valence-corrected chi connectivity index (χ1v) is 16.0. The second-order valence-electron chi connectivity index (χ2n) is 12.1. The summed E-state index contributed by atoms with van der Waals surface area (Å²) in [5.41, 5.74) is 7.95. The van der Waals surface area contributed by atoms with Crippen molar-refractivity contribution in [3.8, 4) is 39.9 Å². The van der Waals surface area contributed by atoms with E-state index in [4.69, 9.17) is 19.4 Å². The molecule has 0 bridgehead atoms. The highest BCUT2D eigenvalue weighted by Gasteiger charge is 2.17. The first-order chi connectivity index (χ1) is 23.8. The number of hydrogen-bond donors (Lipinski definition) is 0. The highest BCUT2D eigenvalue weighted by Crippen LogP contribution is 2.38. The van der Waals surface area contributed by atoms with E-state index in [0.717, 1.165) is 71.5 Å². The number of benzene rings is 7. The summed E-state index contributed by atoms with van der Waals surface area (Å²) in [6.45, 7) is 0. The van der Waals surface area contributed by atoms with Crippen LogP contribution < -0.4 is 0 Å². The van der Waals surface area contributed by atoms with Crippen LogP contribution in [0.4, 0.5) is 0 Å². The second-order valence-corrected chi connectivity index (χ2v) is 12.1. The summed E-state index contributed by atoms with van der Waals surface area (Å²) in [4.78, 5) is 15.2. The van der Waals surface area contributed by atoms with Crippen LogP contribution in [0.1, 0.15) is 0 Å². The van der Waals surface area contributed by atoms with Gasteiger partial charge in [0, 0.05) is 43.9 Å². The van der Waals surface area contributed by atoms with Crippen LogP contribution in [0.15, 0.2) is 162 Å². The molecule has 0 aliphatic rings. The van der Waals surface area contributed by atoms with Crippen molar-refractivity contribution < 1.29 is 4.42 Å². The number of nitrogens with zero attached hydrogens (tertiary/aromatic N) is 4. The number of furan rings is 1. The molecule has 3 aromatic heterocycles. The zero-order valence-corrected chi connectivity index (χ0v) is 25.7. The van der Waals surface area contributed by atoms with Gasteiger partial charge in [-0.15, -0.1) is 0 Å². The largest absolute Gasteiger partial charge is 0.456 e. The quantitative estimate of drug-likeness (QED) is 0.198. The Kier molecular flexibility index (Phi) is 5.81. The lowest BCUT2D eigenvalue weighted by atomic mass is 10.0. The molecule has 3 heterocycles. The monoisotopic (exact) mass is 614 g/mol. The minimum absolute atomic E-state index is 0.623. The first-order valence-electron chi connectivity index (χ1n) is 16.0. The predicted octanol–water partition coefficient (Wildman–Crippen LogP) is 11.0. The van der Waals surface area contributed by atoms with Crippen molar-refractivity contribution in [1.82, 2.24) is 19.5 Å². The lowest BCUT2D eigenvalue weighted by molar-refractivity contribution is 0.669. The standard InChI is InChI=1S/C43H26N4O/c1-3-11-28(12-4-1)41-44-42(29-20-19-27-22-24-39-40(34(27)25-29)33-16-8-10-18-38(33)48-39)46-43(45-41)30-21-23-37-35(26-30)32-15-7-9-17-36(32)47(37)31-13-5-2-6-14-31/h1-26H. The van der Waals surface area contributed by atoms with E-state index in [-0.39, 0.29) is 0 Å². The molecule has 48 heavy (non-hydrogen) atoms. The van der Waals surface area contributed by atoms with Gasteiger partial charge in [0.2, 0.25) is 0 Å². The van der Waals surface area contributed by atoms with Crippen molar-refractivity contribution in [2.45, 2.75) is 0 Å². The first kappa shape index (κ1) is 26.6. The van der Waals surface area contributed by atoms with E-state index in [1.807, 2.05) is 48.5 Å². The maximum Gasteiger partial charge on any atom is 0.164 e. The van der Waals surface area contributed by atoms with Crippen molar-refractivity contribution in [2.24, 2.45) is 0 Å². The number of hydrogen-bond acceptors (Lipinski definition) is 4. The van der Waals surface area contributed by atoms with Crippen LogP contribution in [0.3, 0.4) is 0 Å². The number of aromatic nitrogens is 4. The van der Waals surface area contributed by atoms with Gasteiger partial charge < -0.3 is 8.98 Å². The Morgan fingerprint density at radius 3 is 1.77 bits per heavy atom. The zero-order valence-electron chi connectivity index (χ0n) is 25.7. The maximum absolute atomic E-state index is 6.21. The molecule has 0 amide bonds. The molecule has 0 atom stereocenters. The molecular formula is C43H26N4O. The summed E-state index contributed by atoms with van der Waals surface area (Å²) in [5, 5.41) is 6.77. The lowest BCUT2D eigenvalue weighted by Gasteiger charge is -2.10. The number of rotatable bonds is 4. The molecule has 5 nitrogen and oxygen atoms in total. The zero-order chi connectivity index (χ0) is 31.6. The Morgan fingerprint density at radius 2 is 0.979 bits per heavy atom. The molecule has 10 rings (SSSR count). The summed E-state index contributed by atoms with van der Waals surface area (Å²) >= 11 is 0. The molecule has 7 aromatic carbocycles. The van der Waals surface area contributed by atoms with Crippen molar-refractivity contribution >= 4 is 54.5 Å². The molecule has 0 N–H and O–H groups in total. The second kappa shape index (κ2) is 10.5. The van der Waals surface area contributed by atoms with E-state index < -0.39 is 0 Å². The molecule has 0 saturated heterocycles. The summed E-state index contributed by atoms with van der Waals surface area (Å²) in [6.07, 6.45) is 0. The van der Waals surface area contributed by atoms with Gasteiger partial charge in [-0.25, -0.2) is 15.0 Å². The molecule has 0 unspecified atom stereocenters. The Hall–Kier alpha value is -6.59. The van der Waals surface area contributed by atoms with Crippen LogP contribution in [-0.4, -0.2) is 19.5 Å². The molecule has 0 aliphatic heterocycles. The van der Waals surface area contributed by atoms with Crippen LogP contribution in [0, 0.1) is 0 Å². The van der Waals surface area contributed by atoms with Gasteiger partial charge in [-0.2, -0.15) is 0 Å². The molecule has 0 spiro atoms. The van der Waals surface area contributed by atoms with Crippen molar-refractivity contribution in [3.63, 3.8) is 0 Å². The number of para-hydroxylation sites is 3. The molecule has 224 valence electrons. The van der Waals surface area contributed by atoms with Crippen molar-refractivity contribution in [2.75, 3.05) is 0 Å². The van der Waals surface area contributed by atoms with Gasteiger partial charge in [0.05, 0.1) is 11.0 Å². The minimum Gasteiger partial charge on any atom is -0.456 e. The van der Waals surface area contributed by atoms with E-state index in [0.29, 0.717) is 17.5 Å². The maximum atomic E-state index is 6.21. The van der Waals surface area contributed by atoms with Crippen molar-refractivity contribution in [3.05, 3.63) is 158 Å². The molecule has 0 radical (unpaired) electrons. The van der Waals surface area contributed by atoms with Gasteiger partial charge in [-0.05, 0) is 65.4 Å². The summed E-state index contributed by atoms with van der Waals surface area (Å²) in [5.74, 6) is 1.89. The fourth-order valence-corrected chi connectivity index (χ4v) is 7.00. The number of fused-ring (bicyclic) bond motifs is 8. The third-order valence-corrected chi connectivity index (χ3v) is 9.23. The Bertz CT molecular complexity index is 2830. The van der Waals surface area contributed by atoms with Crippen molar-refractivity contribution in [1.29, 1.82) is 0 Å². The lowest BCUT2D eigenvalue weighted by Crippen LogP contribution is -2.00. The average Bonchev–Trinajstić information content (AvgIpc) is 3.71. The van der Waals surface area contributed by atoms with Crippen LogP contribution in [0.2, 0.25) is 0 Å². The van der Waals surface area contributed by atoms with Gasteiger partial charge in [-0.1, -0.05) is 103 Å². The predicted molar refractivity (Wildman–Crippen MR) is 195 cm³/mol. The van der Waals surface area contributed by atoms with E-state index in [9.17, 15) is 0 Å².